The Balaban J connectivity index is 0.00000196. The number of benzene rings is 2. The third kappa shape index (κ3) is 4.79. The molecule has 0 amide bonds. The van der Waals surface area contributed by atoms with Crippen LogP contribution < -0.4 is 10.1 Å². The summed E-state index contributed by atoms with van der Waals surface area (Å²) in [6.45, 7) is 1.64. The summed E-state index contributed by atoms with van der Waals surface area (Å²) in [4.78, 5) is 2.53. The van der Waals surface area contributed by atoms with E-state index in [0.717, 1.165) is 24.4 Å². The van der Waals surface area contributed by atoms with E-state index in [-0.39, 0.29) is 12.4 Å². The Hall–Kier alpha value is -1.55. The zero-order valence-electron chi connectivity index (χ0n) is 15.4. The zero-order chi connectivity index (χ0) is 17.1. The molecule has 2 aliphatic heterocycles. The third-order valence-electron chi connectivity index (χ3n) is 5.68. The Morgan fingerprint density at radius 3 is 2.23 bits per heavy atom. The van der Waals surface area contributed by atoms with Crippen LogP contribution in [0.3, 0.4) is 0 Å². The molecule has 4 rings (SSSR count). The first-order valence-electron chi connectivity index (χ1n) is 9.48. The Morgan fingerprint density at radius 2 is 1.58 bits per heavy atom. The van der Waals surface area contributed by atoms with Crippen LogP contribution in [0.25, 0.3) is 0 Å². The van der Waals surface area contributed by atoms with Crippen molar-refractivity contribution in [2.24, 2.45) is 0 Å². The molecule has 4 heteroatoms. The van der Waals surface area contributed by atoms with Crippen LogP contribution >= 0.6 is 12.4 Å². The second-order valence-electron chi connectivity index (χ2n) is 7.60. The van der Waals surface area contributed by atoms with Crippen molar-refractivity contribution < 1.29 is 4.74 Å². The molecule has 2 fully saturated rings. The molecule has 2 unspecified atom stereocenters. The highest BCUT2D eigenvalue weighted by molar-refractivity contribution is 5.85. The first kappa shape index (κ1) is 19.2. The lowest BCUT2D eigenvalue weighted by Crippen LogP contribution is -2.46. The Morgan fingerprint density at radius 1 is 0.923 bits per heavy atom. The molecule has 0 spiro atoms. The molecule has 3 nitrogen and oxygen atoms in total. The summed E-state index contributed by atoms with van der Waals surface area (Å²) in [5, 5.41) is 3.73. The van der Waals surface area contributed by atoms with Crippen LogP contribution in [-0.2, 0) is 13.2 Å². The van der Waals surface area contributed by atoms with Gasteiger partial charge in [-0.05, 0) is 56.0 Å². The normalized spacial score (nSPS) is 24.3. The molecule has 2 aromatic carbocycles. The first-order chi connectivity index (χ1) is 12.3. The minimum atomic E-state index is 0. The molecule has 26 heavy (non-hydrogen) atoms. The quantitative estimate of drug-likeness (QED) is 0.813. The largest absolute Gasteiger partial charge is 0.489 e. The molecular formula is C22H29ClN2O. The summed E-state index contributed by atoms with van der Waals surface area (Å²) in [7, 11) is 2.27. The summed E-state index contributed by atoms with van der Waals surface area (Å²) in [6, 6.07) is 21.1. The van der Waals surface area contributed by atoms with Gasteiger partial charge in [-0.3, -0.25) is 4.90 Å². The van der Waals surface area contributed by atoms with E-state index in [4.69, 9.17) is 4.74 Å². The van der Waals surface area contributed by atoms with Crippen molar-refractivity contribution in [1.82, 2.24) is 10.2 Å². The minimum absolute atomic E-state index is 0. The van der Waals surface area contributed by atoms with Crippen LogP contribution in [-0.4, -0.2) is 30.1 Å². The van der Waals surface area contributed by atoms with Crippen LogP contribution in [0.15, 0.2) is 54.6 Å². The predicted octanol–water partition coefficient (Wildman–Crippen LogP) is 4.40. The van der Waals surface area contributed by atoms with Crippen LogP contribution in [0.1, 0.15) is 36.8 Å². The molecule has 2 aromatic rings. The molecular weight excluding hydrogens is 344 g/mol. The van der Waals surface area contributed by atoms with Gasteiger partial charge in [0.25, 0.3) is 0 Å². The van der Waals surface area contributed by atoms with Crippen LogP contribution in [0.5, 0.6) is 5.75 Å². The average Bonchev–Trinajstić information content (AvgIpc) is 2.99. The zero-order valence-corrected chi connectivity index (χ0v) is 16.3. The van der Waals surface area contributed by atoms with Crippen molar-refractivity contribution in [1.29, 1.82) is 0 Å². The molecule has 0 saturated carbocycles. The van der Waals surface area contributed by atoms with Gasteiger partial charge in [-0.25, -0.2) is 0 Å². The smallest absolute Gasteiger partial charge is 0.119 e. The molecule has 2 atom stereocenters. The number of nitrogens with one attached hydrogen (secondary N) is 1. The molecule has 2 heterocycles. The summed E-state index contributed by atoms with van der Waals surface area (Å²) in [5.74, 6) is 0.940. The lowest BCUT2D eigenvalue weighted by molar-refractivity contribution is 0.166. The van der Waals surface area contributed by atoms with E-state index in [1.54, 1.807) is 0 Å². The van der Waals surface area contributed by atoms with Gasteiger partial charge in [0.1, 0.15) is 12.4 Å². The summed E-state index contributed by atoms with van der Waals surface area (Å²) >= 11 is 0. The molecule has 0 aromatic heterocycles. The van der Waals surface area contributed by atoms with Gasteiger partial charge in [-0.1, -0.05) is 42.5 Å². The van der Waals surface area contributed by atoms with E-state index in [9.17, 15) is 0 Å². The fraction of sp³-hybridized carbons (Fsp3) is 0.455. The molecule has 0 radical (unpaired) electrons. The van der Waals surface area contributed by atoms with Gasteiger partial charge in [-0.15, -0.1) is 12.4 Å². The van der Waals surface area contributed by atoms with Crippen molar-refractivity contribution in [2.75, 3.05) is 7.05 Å². The maximum Gasteiger partial charge on any atom is 0.119 e. The number of piperidine rings is 1. The van der Waals surface area contributed by atoms with E-state index in [2.05, 4.69) is 53.7 Å². The van der Waals surface area contributed by atoms with E-state index in [1.165, 1.54) is 36.8 Å². The van der Waals surface area contributed by atoms with Gasteiger partial charge >= 0.3 is 0 Å². The van der Waals surface area contributed by atoms with E-state index in [0.29, 0.717) is 12.6 Å². The minimum Gasteiger partial charge on any atom is -0.489 e. The maximum absolute atomic E-state index is 5.88. The highest BCUT2D eigenvalue weighted by Gasteiger charge is 2.34. The Bertz CT molecular complexity index is 664. The lowest BCUT2D eigenvalue weighted by atomic mass is 9.98. The number of fused-ring (bicyclic) bond motifs is 2. The molecule has 2 saturated heterocycles. The van der Waals surface area contributed by atoms with Gasteiger partial charge < -0.3 is 10.1 Å². The first-order valence-corrected chi connectivity index (χ1v) is 9.48. The van der Waals surface area contributed by atoms with E-state index >= 15 is 0 Å². The van der Waals surface area contributed by atoms with Crippen molar-refractivity contribution >= 4 is 12.4 Å². The molecule has 2 bridgehead atoms. The summed E-state index contributed by atoms with van der Waals surface area (Å²) in [5.41, 5.74) is 2.56. The Labute approximate surface area is 163 Å². The number of hydrogen-bond acceptors (Lipinski definition) is 3. The second kappa shape index (κ2) is 8.90. The van der Waals surface area contributed by atoms with Gasteiger partial charge in [0.2, 0.25) is 0 Å². The van der Waals surface area contributed by atoms with Gasteiger partial charge in [0.15, 0.2) is 0 Å². The SMILES string of the molecule is CN(Cc1ccc(OCc2ccccc2)cc1)C1CC2CCC(C1)N2.Cl. The van der Waals surface area contributed by atoms with E-state index < -0.39 is 0 Å². The van der Waals surface area contributed by atoms with Crippen molar-refractivity contribution in [3.8, 4) is 5.75 Å². The predicted molar refractivity (Wildman–Crippen MR) is 109 cm³/mol. The fourth-order valence-electron chi connectivity index (χ4n) is 4.24. The van der Waals surface area contributed by atoms with Crippen LogP contribution in [0.2, 0.25) is 0 Å². The number of nitrogens with zero attached hydrogens (tertiary/aromatic N) is 1. The van der Waals surface area contributed by atoms with Crippen molar-refractivity contribution in [3.63, 3.8) is 0 Å². The maximum atomic E-state index is 5.88. The molecule has 2 aliphatic rings. The lowest BCUT2D eigenvalue weighted by Gasteiger charge is -2.35. The fourth-order valence-corrected chi connectivity index (χ4v) is 4.24. The van der Waals surface area contributed by atoms with Gasteiger partial charge in [-0.2, -0.15) is 0 Å². The highest BCUT2D eigenvalue weighted by Crippen LogP contribution is 2.30. The summed E-state index contributed by atoms with van der Waals surface area (Å²) < 4.78 is 5.88. The van der Waals surface area contributed by atoms with Crippen molar-refractivity contribution in [2.45, 2.75) is 57.0 Å². The highest BCUT2D eigenvalue weighted by atomic mass is 35.5. The van der Waals surface area contributed by atoms with Crippen LogP contribution in [0.4, 0.5) is 0 Å². The van der Waals surface area contributed by atoms with Crippen molar-refractivity contribution in [3.05, 3.63) is 65.7 Å². The number of halogens is 1. The van der Waals surface area contributed by atoms with Gasteiger partial charge in [0, 0.05) is 24.7 Å². The molecule has 0 aliphatic carbocycles. The second-order valence-corrected chi connectivity index (χ2v) is 7.60. The molecule has 1 N–H and O–H groups in total. The number of rotatable bonds is 6. The van der Waals surface area contributed by atoms with E-state index in [1.807, 2.05) is 18.2 Å². The number of hydrogen-bond donors (Lipinski definition) is 1. The number of ether oxygens (including phenoxy) is 1. The summed E-state index contributed by atoms with van der Waals surface area (Å²) in [6.07, 6.45) is 5.32. The monoisotopic (exact) mass is 372 g/mol. The third-order valence-corrected chi connectivity index (χ3v) is 5.68. The molecule has 140 valence electrons. The standard InChI is InChI=1S/C22H28N2O.ClH/c1-24(21-13-19-9-10-20(14-21)23-19)15-17-7-11-22(12-8-17)25-16-18-5-3-2-4-6-18;/h2-8,11-12,19-21,23H,9-10,13-16H2,1H3;1H. The Kier molecular flexibility index (Phi) is 6.58. The van der Waals surface area contributed by atoms with Gasteiger partial charge in [0.05, 0.1) is 0 Å². The average molecular weight is 373 g/mol. The van der Waals surface area contributed by atoms with Crippen LogP contribution in [0, 0.1) is 0 Å². The topological polar surface area (TPSA) is 24.5 Å².